The van der Waals surface area contributed by atoms with Crippen molar-refractivity contribution in [3.63, 3.8) is 0 Å². The second kappa shape index (κ2) is 5.75. The standard InChI is InChI=1S/C12H18N4O/c1-9-8-11(16-15-9)14-12(17)6-5-10-4-2-3-7-13-10/h2-4,7,9,11,15-16H,5-6,8H2,1H3,(H,14,17). The maximum Gasteiger partial charge on any atom is 0.221 e. The van der Waals surface area contributed by atoms with Crippen molar-refractivity contribution >= 4 is 5.91 Å². The molecule has 5 heteroatoms. The molecule has 0 saturated carbocycles. The lowest BCUT2D eigenvalue weighted by atomic mass is 10.2. The Labute approximate surface area is 101 Å². The Morgan fingerprint density at radius 1 is 1.53 bits per heavy atom. The number of hydrogen-bond acceptors (Lipinski definition) is 4. The molecule has 17 heavy (non-hydrogen) atoms. The highest BCUT2D eigenvalue weighted by Gasteiger charge is 2.21. The monoisotopic (exact) mass is 234 g/mol. The maximum absolute atomic E-state index is 11.7. The number of rotatable bonds is 4. The Morgan fingerprint density at radius 2 is 2.41 bits per heavy atom. The lowest BCUT2D eigenvalue weighted by Crippen LogP contribution is -2.44. The molecule has 0 spiro atoms. The molecule has 0 bridgehead atoms. The zero-order valence-electron chi connectivity index (χ0n) is 9.94. The SMILES string of the molecule is CC1CC(NC(=O)CCc2ccccn2)NN1. The first-order valence-electron chi connectivity index (χ1n) is 5.94. The fourth-order valence-electron chi connectivity index (χ4n) is 1.86. The van der Waals surface area contributed by atoms with E-state index in [1.165, 1.54) is 0 Å². The highest BCUT2D eigenvalue weighted by atomic mass is 16.1. The van der Waals surface area contributed by atoms with Gasteiger partial charge in [0.15, 0.2) is 0 Å². The fourth-order valence-corrected chi connectivity index (χ4v) is 1.86. The number of amides is 1. The number of pyridine rings is 1. The van der Waals surface area contributed by atoms with Crippen molar-refractivity contribution in [1.29, 1.82) is 0 Å². The molecule has 5 nitrogen and oxygen atoms in total. The third-order valence-corrected chi connectivity index (χ3v) is 2.76. The first-order chi connectivity index (χ1) is 8.24. The Morgan fingerprint density at radius 3 is 3.06 bits per heavy atom. The topological polar surface area (TPSA) is 66.0 Å². The van der Waals surface area contributed by atoms with Gasteiger partial charge in [0.2, 0.25) is 5.91 Å². The average molecular weight is 234 g/mol. The van der Waals surface area contributed by atoms with E-state index in [4.69, 9.17) is 0 Å². The molecule has 0 radical (unpaired) electrons. The van der Waals surface area contributed by atoms with Crippen molar-refractivity contribution in [2.45, 2.75) is 38.4 Å². The number of carbonyl (C=O) groups is 1. The minimum absolute atomic E-state index is 0.0428. The van der Waals surface area contributed by atoms with Crippen LogP contribution in [0.5, 0.6) is 0 Å². The van der Waals surface area contributed by atoms with Crippen LogP contribution in [0, 0.1) is 0 Å². The number of hydrazine groups is 1. The quantitative estimate of drug-likeness (QED) is 0.703. The van der Waals surface area contributed by atoms with E-state index in [0.29, 0.717) is 18.9 Å². The lowest BCUT2D eigenvalue weighted by Gasteiger charge is -2.11. The van der Waals surface area contributed by atoms with Crippen LogP contribution in [0.4, 0.5) is 0 Å². The summed E-state index contributed by atoms with van der Waals surface area (Å²) in [6, 6.07) is 6.14. The van der Waals surface area contributed by atoms with Crippen LogP contribution in [0.1, 0.15) is 25.5 Å². The van der Waals surface area contributed by atoms with Crippen molar-refractivity contribution in [2.75, 3.05) is 0 Å². The molecular formula is C12H18N4O. The molecule has 2 unspecified atom stereocenters. The molecule has 3 N–H and O–H groups in total. The molecule has 1 aromatic heterocycles. The fraction of sp³-hybridized carbons (Fsp3) is 0.500. The maximum atomic E-state index is 11.7. The number of carbonyl (C=O) groups excluding carboxylic acids is 1. The van der Waals surface area contributed by atoms with Gasteiger partial charge in [0.1, 0.15) is 0 Å². The van der Waals surface area contributed by atoms with Crippen molar-refractivity contribution in [1.82, 2.24) is 21.2 Å². The van der Waals surface area contributed by atoms with Gasteiger partial charge in [0.25, 0.3) is 0 Å². The highest BCUT2D eigenvalue weighted by molar-refractivity contribution is 5.76. The van der Waals surface area contributed by atoms with E-state index in [1.54, 1.807) is 6.20 Å². The molecule has 1 fully saturated rings. The zero-order chi connectivity index (χ0) is 12.1. The van der Waals surface area contributed by atoms with E-state index in [9.17, 15) is 4.79 Å². The molecule has 1 aliphatic heterocycles. The van der Waals surface area contributed by atoms with Gasteiger partial charge in [-0.25, -0.2) is 5.43 Å². The normalized spacial score (nSPS) is 23.6. The summed E-state index contributed by atoms with van der Waals surface area (Å²) in [6.07, 6.45) is 3.86. The molecule has 1 aromatic rings. The van der Waals surface area contributed by atoms with Gasteiger partial charge in [0.05, 0.1) is 6.17 Å². The minimum atomic E-state index is 0.0428. The summed E-state index contributed by atoms with van der Waals surface area (Å²) in [5.74, 6) is 0.0593. The summed E-state index contributed by atoms with van der Waals surface area (Å²) in [5, 5.41) is 2.94. The first kappa shape index (κ1) is 12.0. The van der Waals surface area contributed by atoms with Crippen molar-refractivity contribution < 1.29 is 4.79 Å². The molecule has 1 aliphatic rings. The van der Waals surface area contributed by atoms with Crippen molar-refractivity contribution in [3.8, 4) is 0 Å². The van der Waals surface area contributed by atoms with Crippen LogP contribution in [-0.4, -0.2) is 23.1 Å². The van der Waals surface area contributed by atoms with E-state index >= 15 is 0 Å². The summed E-state index contributed by atoms with van der Waals surface area (Å²) >= 11 is 0. The minimum Gasteiger partial charge on any atom is -0.339 e. The van der Waals surface area contributed by atoms with E-state index in [2.05, 4.69) is 28.1 Å². The Hall–Kier alpha value is -1.46. The summed E-state index contributed by atoms with van der Waals surface area (Å²) in [4.78, 5) is 15.9. The van der Waals surface area contributed by atoms with Crippen LogP contribution in [0.3, 0.4) is 0 Å². The van der Waals surface area contributed by atoms with Crippen LogP contribution in [0.25, 0.3) is 0 Å². The Kier molecular flexibility index (Phi) is 4.06. The largest absolute Gasteiger partial charge is 0.339 e. The molecule has 1 saturated heterocycles. The predicted octanol–water partition coefficient (Wildman–Crippen LogP) is 0.343. The van der Waals surface area contributed by atoms with Crippen LogP contribution in [0.15, 0.2) is 24.4 Å². The van der Waals surface area contributed by atoms with Gasteiger partial charge < -0.3 is 5.32 Å². The number of aryl methyl sites for hydroxylation is 1. The van der Waals surface area contributed by atoms with Gasteiger partial charge in [-0.3, -0.25) is 15.2 Å². The molecule has 0 aromatic carbocycles. The van der Waals surface area contributed by atoms with Gasteiger partial charge in [0, 0.05) is 24.4 Å². The summed E-state index contributed by atoms with van der Waals surface area (Å²) in [7, 11) is 0. The van der Waals surface area contributed by atoms with Crippen molar-refractivity contribution in [3.05, 3.63) is 30.1 Å². The molecule has 2 heterocycles. The third-order valence-electron chi connectivity index (χ3n) is 2.76. The van der Waals surface area contributed by atoms with E-state index in [0.717, 1.165) is 12.1 Å². The third kappa shape index (κ3) is 3.80. The van der Waals surface area contributed by atoms with Crippen molar-refractivity contribution in [2.24, 2.45) is 0 Å². The second-order valence-electron chi connectivity index (χ2n) is 4.37. The van der Waals surface area contributed by atoms with Crippen LogP contribution >= 0.6 is 0 Å². The van der Waals surface area contributed by atoms with E-state index < -0.39 is 0 Å². The molecule has 0 aliphatic carbocycles. The molecule has 2 atom stereocenters. The summed E-state index contributed by atoms with van der Waals surface area (Å²) < 4.78 is 0. The molecular weight excluding hydrogens is 216 g/mol. The van der Waals surface area contributed by atoms with Crippen LogP contribution in [-0.2, 0) is 11.2 Å². The highest BCUT2D eigenvalue weighted by Crippen LogP contribution is 2.02. The van der Waals surface area contributed by atoms with Gasteiger partial charge in [-0.1, -0.05) is 6.07 Å². The van der Waals surface area contributed by atoms with Gasteiger partial charge in [-0.05, 0) is 31.9 Å². The number of nitrogens with zero attached hydrogens (tertiary/aromatic N) is 1. The number of nitrogens with one attached hydrogen (secondary N) is 3. The Bertz CT molecular complexity index is 368. The summed E-state index contributed by atoms with van der Waals surface area (Å²) in [6.45, 7) is 2.08. The lowest BCUT2D eigenvalue weighted by molar-refractivity contribution is -0.121. The van der Waals surface area contributed by atoms with Gasteiger partial charge in [-0.2, -0.15) is 0 Å². The first-order valence-corrected chi connectivity index (χ1v) is 5.94. The summed E-state index contributed by atoms with van der Waals surface area (Å²) in [5.41, 5.74) is 7.06. The van der Waals surface area contributed by atoms with Gasteiger partial charge in [-0.15, -0.1) is 0 Å². The van der Waals surface area contributed by atoms with Crippen LogP contribution < -0.4 is 16.2 Å². The molecule has 2 rings (SSSR count). The Balaban J connectivity index is 1.71. The molecule has 1 amide bonds. The zero-order valence-corrected chi connectivity index (χ0v) is 9.94. The smallest absolute Gasteiger partial charge is 0.221 e. The second-order valence-corrected chi connectivity index (χ2v) is 4.37. The van der Waals surface area contributed by atoms with Crippen LogP contribution in [0.2, 0.25) is 0 Å². The molecule has 92 valence electrons. The number of aromatic nitrogens is 1. The van der Waals surface area contributed by atoms with Gasteiger partial charge >= 0.3 is 0 Å². The number of hydrogen-bond donors (Lipinski definition) is 3. The van der Waals surface area contributed by atoms with E-state index in [-0.39, 0.29) is 12.1 Å². The van der Waals surface area contributed by atoms with E-state index in [1.807, 2.05) is 18.2 Å². The average Bonchev–Trinajstić information content (AvgIpc) is 2.73. The predicted molar refractivity (Wildman–Crippen MR) is 64.8 cm³/mol.